The summed E-state index contributed by atoms with van der Waals surface area (Å²) < 4.78 is 23.9. The van der Waals surface area contributed by atoms with Gasteiger partial charge in [0.05, 0.1) is 42.3 Å². The van der Waals surface area contributed by atoms with E-state index in [1.807, 2.05) is 29.6 Å². The number of rotatable bonds is 9. The molecule has 1 fully saturated rings. The summed E-state index contributed by atoms with van der Waals surface area (Å²) in [4.78, 5) is 11.2. The molecule has 1 aromatic carbocycles. The van der Waals surface area contributed by atoms with E-state index in [2.05, 4.69) is 35.9 Å². The third-order valence-electron chi connectivity index (χ3n) is 6.11. The predicted octanol–water partition coefficient (Wildman–Crippen LogP) is 4.09. The number of H-pyrrole nitrogens is 1. The second-order valence-electron chi connectivity index (χ2n) is 8.77. The van der Waals surface area contributed by atoms with Gasteiger partial charge in [0.25, 0.3) is 0 Å². The van der Waals surface area contributed by atoms with E-state index in [9.17, 15) is 4.55 Å². The first-order valence-corrected chi connectivity index (χ1v) is 13.5. The van der Waals surface area contributed by atoms with Gasteiger partial charge in [-0.15, -0.1) is 4.31 Å². The van der Waals surface area contributed by atoms with Gasteiger partial charge < -0.3 is 19.2 Å². The average Bonchev–Trinajstić information content (AvgIpc) is 3.15. The minimum absolute atomic E-state index is 0.586. The molecule has 1 saturated heterocycles. The number of nitrogens with one attached hydrogen (secondary N) is 1. The maximum Gasteiger partial charge on any atom is 0.175 e. The first-order chi connectivity index (χ1) is 16.4. The van der Waals surface area contributed by atoms with E-state index < -0.39 is 11.4 Å². The minimum atomic E-state index is -1.25. The van der Waals surface area contributed by atoms with E-state index in [0.29, 0.717) is 22.8 Å². The van der Waals surface area contributed by atoms with Crippen molar-refractivity contribution in [2.24, 2.45) is 7.05 Å². The van der Waals surface area contributed by atoms with Crippen LogP contribution in [0.25, 0.3) is 22.4 Å². The molecule has 2 aromatic heterocycles. The predicted molar refractivity (Wildman–Crippen MR) is 139 cm³/mol. The number of benzene rings is 1. The van der Waals surface area contributed by atoms with Crippen molar-refractivity contribution in [1.82, 2.24) is 29.0 Å². The molecule has 3 heterocycles. The number of fused-ring (bicyclic) bond motifs is 1. The fourth-order valence-corrected chi connectivity index (χ4v) is 5.66. The number of hydrogen-bond acceptors (Lipinski definition) is 7. The SMILES string of the molecule is CCCCOc1ccc([S+]([O-])N2CCN(C)CC2)cc1-c1nc2c(CCC)nn(C)c2c(=S)[nH]1. The quantitative estimate of drug-likeness (QED) is 0.268. The molecule has 0 saturated carbocycles. The molecule has 0 bridgehead atoms. The Hall–Kier alpha value is -1.98. The fourth-order valence-electron chi connectivity index (χ4n) is 4.14. The molecular weight excluding hydrogens is 468 g/mol. The zero-order chi connectivity index (χ0) is 24.2. The highest BCUT2D eigenvalue weighted by atomic mass is 32.2. The Morgan fingerprint density at radius 2 is 1.91 bits per heavy atom. The van der Waals surface area contributed by atoms with Gasteiger partial charge >= 0.3 is 0 Å². The monoisotopic (exact) mass is 502 g/mol. The van der Waals surface area contributed by atoms with Crippen LogP contribution in [0.1, 0.15) is 38.8 Å². The Kier molecular flexibility index (Phi) is 8.26. The summed E-state index contributed by atoms with van der Waals surface area (Å²) in [5.41, 5.74) is 3.35. The first kappa shape index (κ1) is 25.1. The van der Waals surface area contributed by atoms with Crippen molar-refractivity contribution in [1.29, 1.82) is 0 Å². The largest absolute Gasteiger partial charge is 0.593 e. The summed E-state index contributed by atoms with van der Waals surface area (Å²) in [7, 11) is 3.99. The Morgan fingerprint density at radius 1 is 1.15 bits per heavy atom. The smallest absolute Gasteiger partial charge is 0.175 e. The Bertz CT molecular complexity index is 1190. The van der Waals surface area contributed by atoms with Gasteiger partial charge in [-0.25, -0.2) is 4.98 Å². The number of nitrogens with zero attached hydrogens (tertiary/aromatic N) is 5. The molecule has 1 atom stereocenters. The molecule has 0 amide bonds. The zero-order valence-electron chi connectivity index (χ0n) is 20.5. The maximum absolute atomic E-state index is 13.4. The molecule has 1 aliphatic heterocycles. The van der Waals surface area contributed by atoms with Crippen molar-refractivity contribution in [2.75, 3.05) is 39.8 Å². The maximum atomic E-state index is 13.4. The molecule has 184 valence electrons. The lowest BCUT2D eigenvalue weighted by Crippen LogP contribution is -2.47. The number of hydrogen-bond donors (Lipinski definition) is 1. The van der Waals surface area contributed by atoms with Gasteiger partial charge in [0, 0.05) is 26.2 Å². The number of aryl methyl sites for hydroxylation is 2. The molecule has 1 unspecified atom stereocenters. The second-order valence-corrected chi connectivity index (χ2v) is 10.7. The zero-order valence-corrected chi connectivity index (χ0v) is 22.1. The van der Waals surface area contributed by atoms with Crippen molar-refractivity contribution >= 4 is 34.6 Å². The molecule has 10 heteroatoms. The van der Waals surface area contributed by atoms with Crippen LogP contribution in [0.3, 0.4) is 0 Å². The van der Waals surface area contributed by atoms with Crippen molar-refractivity contribution in [2.45, 2.75) is 44.4 Å². The highest BCUT2D eigenvalue weighted by Crippen LogP contribution is 2.33. The van der Waals surface area contributed by atoms with Crippen LogP contribution in [0.4, 0.5) is 0 Å². The Balaban J connectivity index is 1.77. The van der Waals surface area contributed by atoms with Crippen LogP contribution in [0.5, 0.6) is 5.75 Å². The Morgan fingerprint density at radius 3 is 2.62 bits per heavy atom. The van der Waals surface area contributed by atoms with E-state index >= 15 is 0 Å². The molecule has 0 aliphatic carbocycles. The van der Waals surface area contributed by atoms with Gasteiger partial charge in [0.1, 0.15) is 27.2 Å². The van der Waals surface area contributed by atoms with Crippen LogP contribution >= 0.6 is 12.2 Å². The third-order valence-corrected chi connectivity index (χ3v) is 7.90. The number of likely N-dealkylation sites (N-methyl/N-ethyl adjacent to an activating group) is 1. The third kappa shape index (κ3) is 5.31. The number of ether oxygens (including phenoxy) is 1. The number of aromatic nitrogens is 4. The van der Waals surface area contributed by atoms with Crippen LogP contribution in [-0.2, 0) is 24.8 Å². The van der Waals surface area contributed by atoms with E-state index in [0.717, 1.165) is 79.0 Å². The molecule has 4 rings (SSSR count). The summed E-state index contributed by atoms with van der Waals surface area (Å²) in [6.45, 7) is 8.23. The van der Waals surface area contributed by atoms with Crippen molar-refractivity contribution < 1.29 is 9.29 Å². The molecule has 8 nitrogen and oxygen atoms in total. The van der Waals surface area contributed by atoms with E-state index in [1.54, 1.807) is 4.68 Å². The van der Waals surface area contributed by atoms with Gasteiger partial charge in [-0.05, 0) is 32.0 Å². The summed E-state index contributed by atoms with van der Waals surface area (Å²) >= 11 is 4.45. The van der Waals surface area contributed by atoms with Gasteiger partial charge in [-0.3, -0.25) is 4.68 Å². The highest BCUT2D eigenvalue weighted by Gasteiger charge is 2.28. The molecule has 1 N–H and O–H groups in total. The van der Waals surface area contributed by atoms with Crippen LogP contribution in [0.15, 0.2) is 23.1 Å². The Labute approximate surface area is 209 Å². The normalized spacial score (nSPS) is 16.3. The lowest BCUT2D eigenvalue weighted by atomic mass is 10.1. The molecular formula is C24H34N6O2S2. The van der Waals surface area contributed by atoms with Crippen LogP contribution in [-0.4, -0.2) is 73.3 Å². The lowest BCUT2D eigenvalue weighted by Gasteiger charge is -2.32. The molecule has 0 radical (unpaired) electrons. The second kappa shape index (κ2) is 11.2. The molecule has 3 aromatic rings. The first-order valence-electron chi connectivity index (χ1n) is 12.0. The summed E-state index contributed by atoms with van der Waals surface area (Å²) in [5, 5.41) is 4.65. The topological polar surface area (TPSA) is 85.3 Å². The van der Waals surface area contributed by atoms with Gasteiger partial charge in [0.15, 0.2) is 4.90 Å². The summed E-state index contributed by atoms with van der Waals surface area (Å²) in [5.74, 6) is 1.33. The van der Waals surface area contributed by atoms with Gasteiger partial charge in [0.2, 0.25) is 0 Å². The summed E-state index contributed by atoms with van der Waals surface area (Å²) in [6.07, 6.45) is 3.80. The van der Waals surface area contributed by atoms with Crippen molar-refractivity contribution in [3.63, 3.8) is 0 Å². The summed E-state index contributed by atoms with van der Waals surface area (Å²) in [6, 6.07) is 5.75. The molecule has 0 spiro atoms. The highest BCUT2D eigenvalue weighted by molar-refractivity contribution is 7.89. The van der Waals surface area contributed by atoms with E-state index in [-0.39, 0.29) is 0 Å². The van der Waals surface area contributed by atoms with Crippen LogP contribution in [0, 0.1) is 4.64 Å². The molecule has 1 aliphatic rings. The van der Waals surface area contributed by atoms with E-state index in [1.165, 1.54) is 0 Å². The van der Waals surface area contributed by atoms with Gasteiger partial charge in [-0.1, -0.05) is 38.9 Å². The standard InChI is InChI=1S/C24H34N6O2S2/c1-5-7-15-32-20-10-9-17(34(31)30-13-11-28(3)12-14-30)16-18(20)23-25-21-19(8-6-2)27-29(4)22(21)24(33)26-23/h9-10,16H,5-8,11-15H2,1-4H3,(H,25,26,33). The van der Waals surface area contributed by atoms with Crippen molar-refractivity contribution in [3.05, 3.63) is 28.5 Å². The number of piperazine rings is 1. The average molecular weight is 503 g/mol. The lowest BCUT2D eigenvalue weighted by molar-refractivity contribution is 0.222. The van der Waals surface area contributed by atoms with E-state index in [4.69, 9.17) is 21.9 Å². The minimum Gasteiger partial charge on any atom is -0.593 e. The fraction of sp³-hybridized carbons (Fsp3) is 0.542. The molecule has 34 heavy (non-hydrogen) atoms. The van der Waals surface area contributed by atoms with Crippen LogP contribution < -0.4 is 4.74 Å². The van der Waals surface area contributed by atoms with Gasteiger partial charge in [-0.2, -0.15) is 5.10 Å². The van der Waals surface area contributed by atoms with Crippen molar-refractivity contribution in [3.8, 4) is 17.1 Å². The number of unbranched alkanes of at least 4 members (excludes halogenated alkanes) is 1. The van der Waals surface area contributed by atoms with Crippen LogP contribution in [0.2, 0.25) is 0 Å². The number of aromatic amines is 1.